The highest BCUT2D eigenvalue weighted by Crippen LogP contribution is 2.24. The summed E-state index contributed by atoms with van der Waals surface area (Å²) in [5, 5.41) is 10.5. The van der Waals surface area contributed by atoms with Gasteiger partial charge in [0.05, 0.1) is 4.92 Å². The summed E-state index contributed by atoms with van der Waals surface area (Å²) < 4.78 is 0. The Morgan fingerprint density at radius 3 is 2.71 bits per heavy atom. The SMILES string of the molecule is C=CC(N)c1ccc(N)c([N+](=O)[O-])c1. The van der Waals surface area contributed by atoms with E-state index >= 15 is 0 Å². The lowest BCUT2D eigenvalue weighted by Gasteiger charge is -2.06. The fraction of sp³-hybridized carbons (Fsp3) is 0.111. The summed E-state index contributed by atoms with van der Waals surface area (Å²) in [4.78, 5) is 10.0. The van der Waals surface area contributed by atoms with Crippen LogP contribution < -0.4 is 11.5 Å². The molecule has 1 aromatic carbocycles. The van der Waals surface area contributed by atoms with Crippen molar-refractivity contribution >= 4 is 11.4 Å². The number of hydrogen-bond donors (Lipinski definition) is 2. The first-order valence-corrected chi connectivity index (χ1v) is 3.98. The first kappa shape index (κ1) is 10.2. The molecular formula is C9H11N3O2. The lowest BCUT2D eigenvalue weighted by molar-refractivity contribution is -0.384. The molecule has 0 saturated heterocycles. The largest absolute Gasteiger partial charge is 0.393 e. The van der Waals surface area contributed by atoms with Crippen LogP contribution in [0.15, 0.2) is 30.9 Å². The number of nitrogens with two attached hydrogens (primary N) is 2. The Morgan fingerprint density at radius 2 is 2.21 bits per heavy atom. The summed E-state index contributed by atoms with van der Waals surface area (Å²) in [5.74, 6) is 0. The smallest absolute Gasteiger partial charge is 0.292 e. The molecule has 74 valence electrons. The van der Waals surface area contributed by atoms with Crippen LogP contribution in [0.5, 0.6) is 0 Å². The number of nitro groups is 1. The third-order valence-corrected chi connectivity index (χ3v) is 1.89. The molecule has 0 radical (unpaired) electrons. The number of benzene rings is 1. The maximum Gasteiger partial charge on any atom is 0.292 e. The van der Waals surface area contributed by atoms with Gasteiger partial charge in [-0.3, -0.25) is 10.1 Å². The minimum absolute atomic E-state index is 0.125. The quantitative estimate of drug-likeness (QED) is 0.328. The molecule has 1 aromatic rings. The van der Waals surface area contributed by atoms with Crippen molar-refractivity contribution in [2.45, 2.75) is 6.04 Å². The van der Waals surface area contributed by atoms with Gasteiger partial charge in [-0.15, -0.1) is 6.58 Å². The van der Waals surface area contributed by atoms with E-state index in [0.29, 0.717) is 5.56 Å². The molecule has 0 amide bonds. The average molecular weight is 193 g/mol. The van der Waals surface area contributed by atoms with Crippen LogP contribution in [-0.2, 0) is 0 Å². The molecule has 1 rings (SSSR count). The molecule has 1 unspecified atom stereocenters. The summed E-state index contributed by atoms with van der Waals surface area (Å²) in [6, 6.07) is 4.07. The maximum atomic E-state index is 10.5. The van der Waals surface area contributed by atoms with Crippen molar-refractivity contribution in [2.24, 2.45) is 5.73 Å². The summed E-state index contributed by atoms with van der Waals surface area (Å²) >= 11 is 0. The first-order chi connectivity index (χ1) is 6.56. The van der Waals surface area contributed by atoms with Gasteiger partial charge < -0.3 is 11.5 Å². The highest BCUT2D eigenvalue weighted by Gasteiger charge is 2.13. The molecule has 0 bridgehead atoms. The van der Waals surface area contributed by atoms with Crippen molar-refractivity contribution in [3.05, 3.63) is 46.5 Å². The van der Waals surface area contributed by atoms with Crippen LogP contribution in [0.1, 0.15) is 11.6 Å². The third-order valence-electron chi connectivity index (χ3n) is 1.89. The molecule has 0 aliphatic heterocycles. The van der Waals surface area contributed by atoms with E-state index in [4.69, 9.17) is 11.5 Å². The fourth-order valence-corrected chi connectivity index (χ4v) is 1.06. The summed E-state index contributed by atoms with van der Waals surface area (Å²) in [6.45, 7) is 3.51. The van der Waals surface area contributed by atoms with Crippen molar-refractivity contribution in [1.29, 1.82) is 0 Å². The summed E-state index contributed by atoms with van der Waals surface area (Å²) in [7, 11) is 0. The molecule has 0 fully saturated rings. The van der Waals surface area contributed by atoms with Gasteiger partial charge in [0, 0.05) is 12.1 Å². The second-order valence-electron chi connectivity index (χ2n) is 2.84. The second kappa shape index (κ2) is 3.89. The van der Waals surface area contributed by atoms with E-state index in [2.05, 4.69) is 6.58 Å². The molecule has 4 N–H and O–H groups in total. The molecule has 0 saturated carbocycles. The van der Waals surface area contributed by atoms with Crippen molar-refractivity contribution < 1.29 is 4.92 Å². The Morgan fingerprint density at radius 1 is 1.57 bits per heavy atom. The molecule has 0 aromatic heterocycles. The van der Waals surface area contributed by atoms with E-state index in [-0.39, 0.29) is 11.4 Å². The monoisotopic (exact) mass is 193 g/mol. The molecule has 14 heavy (non-hydrogen) atoms. The Kier molecular flexibility index (Phi) is 2.83. The number of nitro benzene ring substituents is 1. The van der Waals surface area contributed by atoms with Gasteiger partial charge in [0.2, 0.25) is 0 Å². The Labute approximate surface area is 81.2 Å². The molecule has 5 heteroatoms. The van der Waals surface area contributed by atoms with Crippen LogP contribution in [0, 0.1) is 10.1 Å². The minimum Gasteiger partial charge on any atom is -0.393 e. The summed E-state index contributed by atoms with van der Waals surface area (Å²) in [5.41, 5.74) is 11.7. The highest BCUT2D eigenvalue weighted by atomic mass is 16.6. The zero-order valence-electron chi connectivity index (χ0n) is 7.51. The van der Waals surface area contributed by atoms with E-state index in [1.165, 1.54) is 18.2 Å². The van der Waals surface area contributed by atoms with E-state index in [1.807, 2.05) is 0 Å². The normalized spacial score (nSPS) is 12.1. The predicted molar refractivity (Wildman–Crippen MR) is 54.6 cm³/mol. The molecule has 5 nitrogen and oxygen atoms in total. The van der Waals surface area contributed by atoms with Crippen molar-refractivity contribution in [2.75, 3.05) is 5.73 Å². The zero-order chi connectivity index (χ0) is 10.7. The molecule has 0 aliphatic carbocycles. The van der Waals surface area contributed by atoms with Crippen LogP contribution in [0.25, 0.3) is 0 Å². The van der Waals surface area contributed by atoms with Crippen LogP contribution in [0.4, 0.5) is 11.4 Å². The topological polar surface area (TPSA) is 95.2 Å². The van der Waals surface area contributed by atoms with Gasteiger partial charge in [-0.05, 0) is 11.6 Å². The Bertz CT molecular complexity index is 376. The van der Waals surface area contributed by atoms with Gasteiger partial charge in [0.25, 0.3) is 5.69 Å². The van der Waals surface area contributed by atoms with E-state index < -0.39 is 11.0 Å². The van der Waals surface area contributed by atoms with Gasteiger partial charge in [-0.1, -0.05) is 12.1 Å². The second-order valence-corrected chi connectivity index (χ2v) is 2.84. The van der Waals surface area contributed by atoms with Gasteiger partial charge in [0.1, 0.15) is 5.69 Å². The average Bonchev–Trinajstić information content (AvgIpc) is 2.17. The Balaban J connectivity index is 3.19. The van der Waals surface area contributed by atoms with Crippen LogP contribution in [0.2, 0.25) is 0 Å². The maximum absolute atomic E-state index is 10.5. The van der Waals surface area contributed by atoms with Crippen molar-refractivity contribution in [3.63, 3.8) is 0 Å². The highest BCUT2D eigenvalue weighted by molar-refractivity contribution is 5.59. The standard InChI is InChI=1S/C9H11N3O2/c1-2-7(10)6-3-4-8(11)9(5-6)12(13)14/h2-5,7H,1,10-11H2. The number of rotatable bonds is 3. The minimum atomic E-state index is -0.533. The molecule has 0 spiro atoms. The molecule has 1 atom stereocenters. The van der Waals surface area contributed by atoms with Gasteiger partial charge in [0.15, 0.2) is 0 Å². The van der Waals surface area contributed by atoms with Gasteiger partial charge in [-0.25, -0.2) is 0 Å². The van der Waals surface area contributed by atoms with E-state index in [1.54, 1.807) is 6.07 Å². The number of hydrogen-bond acceptors (Lipinski definition) is 4. The Hall–Kier alpha value is -1.88. The van der Waals surface area contributed by atoms with Crippen molar-refractivity contribution in [3.8, 4) is 0 Å². The number of nitrogens with zero attached hydrogens (tertiary/aromatic N) is 1. The lowest BCUT2D eigenvalue weighted by atomic mass is 10.1. The predicted octanol–water partition coefficient (Wildman–Crippen LogP) is 1.36. The fourth-order valence-electron chi connectivity index (χ4n) is 1.06. The van der Waals surface area contributed by atoms with Gasteiger partial charge in [-0.2, -0.15) is 0 Å². The van der Waals surface area contributed by atoms with Crippen LogP contribution in [0.3, 0.4) is 0 Å². The van der Waals surface area contributed by atoms with Crippen LogP contribution in [-0.4, -0.2) is 4.92 Å². The van der Waals surface area contributed by atoms with Gasteiger partial charge >= 0.3 is 0 Å². The summed E-state index contributed by atoms with van der Waals surface area (Å²) in [6.07, 6.45) is 1.51. The van der Waals surface area contributed by atoms with Crippen LogP contribution >= 0.6 is 0 Å². The molecular weight excluding hydrogens is 182 g/mol. The molecule has 0 aliphatic rings. The van der Waals surface area contributed by atoms with Crippen molar-refractivity contribution in [1.82, 2.24) is 0 Å². The van der Waals surface area contributed by atoms with E-state index in [0.717, 1.165) is 0 Å². The third kappa shape index (κ3) is 1.89. The van der Waals surface area contributed by atoms with E-state index in [9.17, 15) is 10.1 Å². The lowest BCUT2D eigenvalue weighted by Crippen LogP contribution is -2.07. The molecule has 0 heterocycles. The number of nitrogen functional groups attached to an aromatic ring is 1. The first-order valence-electron chi connectivity index (χ1n) is 3.98. The number of anilines is 1. The zero-order valence-corrected chi connectivity index (χ0v) is 7.51.